The summed E-state index contributed by atoms with van der Waals surface area (Å²) in [6.07, 6.45) is 4.35. The Labute approximate surface area is 132 Å². The summed E-state index contributed by atoms with van der Waals surface area (Å²) in [5, 5.41) is 0. The molecular formula is C17H25N3O2. The van der Waals surface area contributed by atoms with Gasteiger partial charge in [-0.05, 0) is 32.0 Å². The number of pyridine rings is 1. The summed E-state index contributed by atoms with van der Waals surface area (Å²) in [6, 6.07) is 5.73. The van der Waals surface area contributed by atoms with Gasteiger partial charge in [0.2, 0.25) is 5.91 Å². The Morgan fingerprint density at radius 2 is 2.27 bits per heavy atom. The minimum Gasteiger partial charge on any atom is -0.379 e. The van der Waals surface area contributed by atoms with Crippen molar-refractivity contribution in [1.29, 1.82) is 0 Å². The van der Waals surface area contributed by atoms with E-state index >= 15 is 0 Å². The molecule has 3 rings (SSSR count). The summed E-state index contributed by atoms with van der Waals surface area (Å²) in [5.41, 5.74) is 0.949. The highest BCUT2D eigenvalue weighted by Crippen LogP contribution is 2.32. The predicted molar refractivity (Wildman–Crippen MR) is 84.5 cm³/mol. The number of rotatable bonds is 2. The van der Waals surface area contributed by atoms with Gasteiger partial charge in [-0.1, -0.05) is 6.07 Å². The number of hydrogen-bond donors (Lipinski definition) is 0. The second kappa shape index (κ2) is 6.75. The molecule has 1 aromatic rings. The fourth-order valence-electron chi connectivity index (χ4n) is 3.64. The van der Waals surface area contributed by atoms with E-state index in [1.807, 2.05) is 23.1 Å². The zero-order chi connectivity index (χ0) is 15.4. The first-order valence-corrected chi connectivity index (χ1v) is 8.11. The molecule has 120 valence electrons. The molecule has 0 aromatic carbocycles. The van der Waals surface area contributed by atoms with Crippen LogP contribution in [0, 0.1) is 5.41 Å². The molecule has 5 nitrogen and oxygen atoms in total. The van der Waals surface area contributed by atoms with E-state index in [0.717, 1.165) is 57.9 Å². The third kappa shape index (κ3) is 3.65. The van der Waals surface area contributed by atoms with Gasteiger partial charge in [0.25, 0.3) is 0 Å². The van der Waals surface area contributed by atoms with Gasteiger partial charge in [-0.3, -0.25) is 9.78 Å². The minimum absolute atomic E-state index is 0.100. The Morgan fingerprint density at radius 3 is 3.09 bits per heavy atom. The number of amides is 1. The van der Waals surface area contributed by atoms with Crippen LogP contribution >= 0.6 is 0 Å². The molecule has 0 N–H and O–H groups in total. The zero-order valence-corrected chi connectivity index (χ0v) is 13.3. The van der Waals surface area contributed by atoms with Gasteiger partial charge in [0.1, 0.15) is 0 Å². The van der Waals surface area contributed by atoms with Gasteiger partial charge in [-0.25, -0.2) is 0 Å². The molecule has 1 atom stereocenters. The molecular weight excluding hydrogens is 278 g/mol. The summed E-state index contributed by atoms with van der Waals surface area (Å²) >= 11 is 0. The van der Waals surface area contributed by atoms with Crippen LogP contribution in [0.25, 0.3) is 0 Å². The third-order valence-corrected chi connectivity index (χ3v) is 4.70. The molecule has 1 amide bonds. The van der Waals surface area contributed by atoms with Gasteiger partial charge >= 0.3 is 0 Å². The molecule has 5 heteroatoms. The first-order chi connectivity index (χ1) is 10.7. The fourth-order valence-corrected chi connectivity index (χ4v) is 3.64. The van der Waals surface area contributed by atoms with Crippen LogP contribution in [0.3, 0.4) is 0 Å². The van der Waals surface area contributed by atoms with Crippen LogP contribution in [-0.4, -0.2) is 67.1 Å². The number of aromatic nitrogens is 1. The van der Waals surface area contributed by atoms with Gasteiger partial charge in [-0.2, -0.15) is 0 Å². The zero-order valence-electron chi connectivity index (χ0n) is 13.3. The second-order valence-electron chi connectivity index (χ2n) is 6.71. The maximum atomic E-state index is 12.6. The minimum atomic E-state index is 0.100. The van der Waals surface area contributed by atoms with Crippen molar-refractivity contribution in [3.8, 4) is 0 Å². The van der Waals surface area contributed by atoms with Crippen molar-refractivity contribution in [2.75, 3.05) is 46.4 Å². The van der Waals surface area contributed by atoms with Crippen LogP contribution in [0.5, 0.6) is 0 Å². The Balaban J connectivity index is 1.65. The number of ether oxygens (including phenoxy) is 1. The van der Waals surface area contributed by atoms with Crippen molar-refractivity contribution in [3.05, 3.63) is 30.1 Å². The highest BCUT2D eigenvalue weighted by molar-refractivity contribution is 5.78. The number of carbonyl (C=O) groups excluding carboxylic acids is 1. The largest absolute Gasteiger partial charge is 0.379 e. The molecule has 0 bridgehead atoms. The number of piperidine rings is 1. The Morgan fingerprint density at radius 1 is 1.36 bits per heavy atom. The van der Waals surface area contributed by atoms with Crippen molar-refractivity contribution >= 4 is 5.91 Å². The van der Waals surface area contributed by atoms with E-state index in [1.165, 1.54) is 0 Å². The lowest BCUT2D eigenvalue weighted by atomic mass is 9.80. The number of nitrogens with zero attached hydrogens (tertiary/aromatic N) is 3. The van der Waals surface area contributed by atoms with E-state index in [1.54, 1.807) is 6.20 Å². The number of likely N-dealkylation sites (N-methyl/N-ethyl adjacent to an activating group) is 1. The topological polar surface area (TPSA) is 45.7 Å². The van der Waals surface area contributed by atoms with E-state index in [-0.39, 0.29) is 11.3 Å². The monoisotopic (exact) mass is 303 g/mol. The Hall–Kier alpha value is -1.46. The molecule has 0 saturated carbocycles. The van der Waals surface area contributed by atoms with E-state index in [2.05, 4.69) is 16.9 Å². The molecule has 22 heavy (non-hydrogen) atoms. The summed E-state index contributed by atoms with van der Waals surface area (Å²) < 4.78 is 5.81. The quantitative estimate of drug-likeness (QED) is 0.823. The average Bonchev–Trinajstić information content (AvgIpc) is 2.69. The SMILES string of the molecule is CN1CCOCC2(CCCN(C(=O)Cc3ccccn3)C2)C1. The Bertz CT molecular complexity index is 508. The lowest BCUT2D eigenvalue weighted by Crippen LogP contribution is -2.52. The number of hydrogen-bond acceptors (Lipinski definition) is 4. The van der Waals surface area contributed by atoms with Gasteiger partial charge in [0.15, 0.2) is 0 Å². The molecule has 0 aliphatic carbocycles. The van der Waals surface area contributed by atoms with Gasteiger partial charge in [0, 0.05) is 43.5 Å². The summed E-state index contributed by atoms with van der Waals surface area (Å²) in [6.45, 7) is 5.22. The van der Waals surface area contributed by atoms with Crippen LogP contribution < -0.4 is 0 Å². The summed E-state index contributed by atoms with van der Waals surface area (Å²) in [5.74, 6) is 0.185. The molecule has 2 fully saturated rings. The van der Waals surface area contributed by atoms with Crippen LogP contribution in [-0.2, 0) is 16.0 Å². The van der Waals surface area contributed by atoms with Crippen molar-refractivity contribution in [3.63, 3.8) is 0 Å². The Kier molecular flexibility index (Phi) is 4.74. The molecule has 1 aromatic heterocycles. The molecule has 2 aliphatic rings. The van der Waals surface area contributed by atoms with Gasteiger partial charge in [-0.15, -0.1) is 0 Å². The van der Waals surface area contributed by atoms with E-state index in [0.29, 0.717) is 6.42 Å². The molecule has 2 aliphatic heterocycles. The van der Waals surface area contributed by atoms with E-state index < -0.39 is 0 Å². The molecule has 1 spiro atoms. The number of carbonyl (C=O) groups is 1. The highest BCUT2D eigenvalue weighted by atomic mass is 16.5. The third-order valence-electron chi connectivity index (χ3n) is 4.70. The molecule has 0 radical (unpaired) electrons. The van der Waals surface area contributed by atoms with Crippen LogP contribution in [0.15, 0.2) is 24.4 Å². The maximum absolute atomic E-state index is 12.6. The van der Waals surface area contributed by atoms with Crippen molar-refractivity contribution < 1.29 is 9.53 Å². The molecule has 3 heterocycles. The average molecular weight is 303 g/mol. The smallest absolute Gasteiger partial charge is 0.228 e. The summed E-state index contributed by atoms with van der Waals surface area (Å²) in [7, 11) is 2.14. The maximum Gasteiger partial charge on any atom is 0.228 e. The predicted octanol–water partition coefficient (Wildman–Crippen LogP) is 1.19. The second-order valence-corrected chi connectivity index (χ2v) is 6.71. The van der Waals surface area contributed by atoms with Crippen LogP contribution in [0.4, 0.5) is 0 Å². The van der Waals surface area contributed by atoms with Gasteiger partial charge in [0.05, 0.1) is 19.6 Å². The summed E-state index contributed by atoms with van der Waals surface area (Å²) in [4.78, 5) is 21.2. The first-order valence-electron chi connectivity index (χ1n) is 8.11. The van der Waals surface area contributed by atoms with Crippen molar-refractivity contribution in [2.45, 2.75) is 19.3 Å². The first kappa shape index (κ1) is 15.4. The van der Waals surface area contributed by atoms with Crippen LogP contribution in [0.1, 0.15) is 18.5 Å². The molecule has 2 saturated heterocycles. The normalized spacial score (nSPS) is 26.9. The number of likely N-dealkylation sites (tertiary alicyclic amines) is 1. The van der Waals surface area contributed by atoms with Crippen molar-refractivity contribution in [2.24, 2.45) is 5.41 Å². The standard InChI is InChI=1S/C17H25N3O2/c1-19-9-10-22-14-17(12-19)6-4-8-20(13-17)16(21)11-15-5-2-3-7-18-15/h2-3,5,7H,4,6,8-14H2,1H3. The highest BCUT2D eigenvalue weighted by Gasteiger charge is 2.39. The van der Waals surface area contributed by atoms with E-state index in [4.69, 9.17) is 4.74 Å². The lowest BCUT2D eigenvalue weighted by Gasteiger charge is -2.43. The molecule has 1 unspecified atom stereocenters. The lowest BCUT2D eigenvalue weighted by molar-refractivity contribution is -0.135. The van der Waals surface area contributed by atoms with E-state index in [9.17, 15) is 4.79 Å². The fraction of sp³-hybridized carbons (Fsp3) is 0.647. The van der Waals surface area contributed by atoms with Gasteiger partial charge < -0.3 is 14.5 Å². The van der Waals surface area contributed by atoms with Crippen LogP contribution in [0.2, 0.25) is 0 Å². The van der Waals surface area contributed by atoms with Crippen molar-refractivity contribution in [1.82, 2.24) is 14.8 Å².